The van der Waals surface area contributed by atoms with Crippen LogP contribution in [0.4, 0.5) is 4.39 Å². The summed E-state index contributed by atoms with van der Waals surface area (Å²) >= 11 is 3.34. The molecule has 1 aliphatic rings. The Kier molecular flexibility index (Phi) is 2.67. The molecule has 0 radical (unpaired) electrons. The van der Waals surface area contributed by atoms with Crippen LogP contribution in [-0.4, -0.2) is 16.0 Å². The van der Waals surface area contributed by atoms with Crippen molar-refractivity contribution in [1.29, 1.82) is 0 Å². The van der Waals surface area contributed by atoms with Crippen molar-refractivity contribution >= 4 is 15.9 Å². The monoisotopic (exact) mass is 246 g/mol. The second-order valence-corrected chi connectivity index (χ2v) is 4.57. The van der Waals surface area contributed by atoms with Crippen LogP contribution in [0.25, 0.3) is 0 Å². The molecular weight excluding hydrogens is 235 g/mol. The van der Waals surface area contributed by atoms with Crippen molar-refractivity contribution in [2.24, 2.45) is 5.92 Å². The Bertz CT molecular complexity index is 287. The molecule has 0 spiro atoms. The van der Waals surface area contributed by atoms with E-state index < -0.39 is 6.17 Å². The highest BCUT2D eigenvalue weighted by Crippen LogP contribution is 2.28. The van der Waals surface area contributed by atoms with Crippen molar-refractivity contribution in [3.05, 3.63) is 16.9 Å². The highest BCUT2D eigenvalue weighted by atomic mass is 79.9. The van der Waals surface area contributed by atoms with Crippen molar-refractivity contribution < 1.29 is 4.39 Å². The molecule has 1 aromatic heterocycles. The zero-order chi connectivity index (χ0) is 9.26. The number of alkyl halides is 1. The van der Waals surface area contributed by atoms with Crippen molar-refractivity contribution in [3.8, 4) is 0 Å². The minimum absolute atomic E-state index is 0.474. The molecule has 1 saturated carbocycles. The molecule has 72 valence electrons. The Morgan fingerprint density at radius 2 is 2.46 bits per heavy atom. The maximum Gasteiger partial charge on any atom is 0.100 e. The molecule has 1 heterocycles. The van der Waals surface area contributed by atoms with Gasteiger partial charge in [-0.3, -0.25) is 4.68 Å². The number of hydrogen-bond acceptors (Lipinski definition) is 1. The van der Waals surface area contributed by atoms with Crippen LogP contribution in [-0.2, 0) is 6.54 Å². The number of hydrogen-bond donors (Lipinski definition) is 0. The Morgan fingerprint density at radius 3 is 3.00 bits per heavy atom. The first-order valence-electron chi connectivity index (χ1n) is 4.56. The molecule has 1 aromatic rings. The molecule has 0 aliphatic heterocycles. The molecule has 4 heteroatoms. The van der Waals surface area contributed by atoms with Crippen molar-refractivity contribution in [3.63, 3.8) is 0 Å². The Labute approximate surface area is 85.3 Å². The first-order chi connectivity index (χ1) is 6.24. The van der Waals surface area contributed by atoms with Crippen LogP contribution in [0.3, 0.4) is 0 Å². The summed E-state index contributed by atoms with van der Waals surface area (Å²) in [5.74, 6) is 0.474. The van der Waals surface area contributed by atoms with E-state index in [2.05, 4.69) is 21.0 Å². The summed E-state index contributed by atoms with van der Waals surface area (Å²) in [6, 6.07) is 0. The van der Waals surface area contributed by atoms with Crippen LogP contribution in [0.5, 0.6) is 0 Å². The first-order valence-corrected chi connectivity index (χ1v) is 5.35. The highest BCUT2D eigenvalue weighted by molar-refractivity contribution is 9.10. The molecular formula is C9H12BrFN2. The fraction of sp³-hybridized carbons (Fsp3) is 0.667. The van der Waals surface area contributed by atoms with Gasteiger partial charge in [-0.15, -0.1) is 0 Å². The topological polar surface area (TPSA) is 17.8 Å². The van der Waals surface area contributed by atoms with Crippen LogP contribution in [0.15, 0.2) is 16.9 Å². The van der Waals surface area contributed by atoms with Gasteiger partial charge in [0.1, 0.15) is 6.17 Å². The van der Waals surface area contributed by atoms with Gasteiger partial charge in [0.05, 0.1) is 10.7 Å². The second-order valence-electron chi connectivity index (χ2n) is 3.66. The molecule has 0 N–H and O–H groups in total. The lowest BCUT2D eigenvalue weighted by Crippen LogP contribution is -2.08. The van der Waals surface area contributed by atoms with Crippen LogP contribution in [0.2, 0.25) is 0 Å². The van der Waals surface area contributed by atoms with Crippen molar-refractivity contribution in [1.82, 2.24) is 9.78 Å². The second kappa shape index (κ2) is 3.78. The predicted octanol–water partition coefficient (Wildman–Crippen LogP) is 2.78. The maximum atomic E-state index is 12.8. The van der Waals surface area contributed by atoms with Gasteiger partial charge in [-0.2, -0.15) is 5.10 Å². The summed E-state index contributed by atoms with van der Waals surface area (Å²) in [5, 5.41) is 4.15. The Morgan fingerprint density at radius 1 is 1.62 bits per heavy atom. The van der Waals surface area contributed by atoms with E-state index >= 15 is 0 Å². The zero-order valence-corrected chi connectivity index (χ0v) is 8.87. The van der Waals surface area contributed by atoms with E-state index in [0.717, 1.165) is 23.9 Å². The zero-order valence-electron chi connectivity index (χ0n) is 7.29. The largest absolute Gasteiger partial charge is 0.271 e. The van der Waals surface area contributed by atoms with E-state index in [1.807, 2.05) is 10.9 Å². The van der Waals surface area contributed by atoms with Crippen LogP contribution < -0.4 is 0 Å². The van der Waals surface area contributed by atoms with Gasteiger partial charge in [-0.05, 0) is 41.1 Å². The molecule has 1 fully saturated rings. The molecule has 2 atom stereocenters. The summed E-state index contributed by atoms with van der Waals surface area (Å²) in [7, 11) is 0. The standard InChI is InChI=1S/C9H12BrFN2/c10-8-4-12-13(6-8)5-7-1-2-9(11)3-7/h4,6-7,9H,1-3,5H2/t7?,9-/m0/s1. The Hall–Kier alpha value is -0.380. The molecule has 0 amide bonds. The van der Waals surface area contributed by atoms with E-state index in [1.54, 1.807) is 6.20 Å². The lowest BCUT2D eigenvalue weighted by molar-refractivity contribution is 0.320. The maximum absolute atomic E-state index is 12.8. The molecule has 2 nitrogen and oxygen atoms in total. The number of halogens is 2. The number of nitrogens with zero attached hydrogens (tertiary/aromatic N) is 2. The van der Waals surface area contributed by atoms with Gasteiger partial charge >= 0.3 is 0 Å². The van der Waals surface area contributed by atoms with Gasteiger partial charge in [0.2, 0.25) is 0 Å². The van der Waals surface area contributed by atoms with Crippen LogP contribution in [0.1, 0.15) is 19.3 Å². The lowest BCUT2D eigenvalue weighted by atomic mass is 10.1. The van der Waals surface area contributed by atoms with E-state index in [0.29, 0.717) is 12.3 Å². The SMILES string of the molecule is F[C@H]1CCC(Cn2cc(Br)cn2)C1. The minimum Gasteiger partial charge on any atom is -0.271 e. The molecule has 0 bridgehead atoms. The molecule has 1 unspecified atom stereocenters. The summed E-state index contributed by atoms with van der Waals surface area (Å²) in [6.07, 6.45) is 5.56. The molecule has 13 heavy (non-hydrogen) atoms. The summed E-state index contributed by atoms with van der Waals surface area (Å²) in [5.41, 5.74) is 0. The fourth-order valence-electron chi connectivity index (χ4n) is 1.88. The third-order valence-corrected chi connectivity index (χ3v) is 2.93. The van der Waals surface area contributed by atoms with Gasteiger partial charge in [0.25, 0.3) is 0 Å². The van der Waals surface area contributed by atoms with Gasteiger partial charge in [-0.25, -0.2) is 4.39 Å². The van der Waals surface area contributed by atoms with Gasteiger partial charge in [0.15, 0.2) is 0 Å². The summed E-state index contributed by atoms with van der Waals surface area (Å²) < 4.78 is 15.7. The fourth-order valence-corrected chi connectivity index (χ4v) is 2.21. The molecule has 0 aromatic carbocycles. The normalized spacial score (nSPS) is 28.2. The Balaban J connectivity index is 1.91. The third kappa shape index (κ3) is 2.30. The van der Waals surface area contributed by atoms with E-state index in [-0.39, 0.29) is 0 Å². The van der Waals surface area contributed by atoms with E-state index in [4.69, 9.17) is 0 Å². The van der Waals surface area contributed by atoms with E-state index in [9.17, 15) is 4.39 Å². The van der Waals surface area contributed by atoms with E-state index in [1.165, 1.54) is 0 Å². The smallest absolute Gasteiger partial charge is 0.100 e. The quantitative estimate of drug-likeness (QED) is 0.785. The highest BCUT2D eigenvalue weighted by Gasteiger charge is 2.24. The van der Waals surface area contributed by atoms with Gasteiger partial charge < -0.3 is 0 Å². The number of aromatic nitrogens is 2. The molecule has 0 saturated heterocycles. The third-order valence-electron chi connectivity index (χ3n) is 2.52. The summed E-state index contributed by atoms with van der Waals surface area (Å²) in [6.45, 7) is 0.853. The van der Waals surface area contributed by atoms with Gasteiger partial charge in [-0.1, -0.05) is 0 Å². The first kappa shape index (κ1) is 9.19. The molecule has 1 aliphatic carbocycles. The minimum atomic E-state index is -0.580. The average Bonchev–Trinajstić information content (AvgIpc) is 2.62. The average molecular weight is 247 g/mol. The molecule has 2 rings (SSSR count). The predicted molar refractivity (Wildman–Crippen MR) is 52.2 cm³/mol. The summed E-state index contributed by atoms with van der Waals surface area (Å²) in [4.78, 5) is 0. The van der Waals surface area contributed by atoms with Crippen molar-refractivity contribution in [2.45, 2.75) is 32.0 Å². The lowest BCUT2D eigenvalue weighted by Gasteiger charge is -2.07. The number of rotatable bonds is 2. The van der Waals surface area contributed by atoms with Gasteiger partial charge in [0, 0.05) is 12.7 Å². The van der Waals surface area contributed by atoms with Crippen LogP contribution in [0, 0.1) is 5.92 Å². The van der Waals surface area contributed by atoms with Crippen LogP contribution >= 0.6 is 15.9 Å². The van der Waals surface area contributed by atoms with Crippen molar-refractivity contribution in [2.75, 3.05) is 0 Å².